The summed E-state index contributed by atoms with van der Waals surface area (Å²) in [5, 5.41) is 13.6. The molecule has 4 unspecified atom stereocenters. The summed E-state index contributed by atoms with van der Waals surface area (Å²) < 4.78 is 12.4. The van der Waals surface area contributed by atoms with E-state index in [1.807, 2.05) is 18.2 Å². The molecule has 1 heterocycles. The summed E-state index contributed by atoms with van der Waals surface area (Å²) in [4.78, 5) is 0. The molecular formula is C18H16BrNO3. The Morgan fingerprint density at radius 3 is 2.22 bits per heavy atom. The van der Waals surface area contributed by atoms with Crippen molar-refractivity contribution < 1.29 is 14.7 Å². The molecule has 118 valence electrons. The average Bonchev–Trinajstić information content (AvgIpc) is 3.11. The van der Waals surface area contributed by atoms with E-state index in [1.54, 1.807) is 0 Å². The lowest BCUT2D eigenvalue weighted by atomic mass is 9.12. The predicted molar refractivity (Wildman–Crippen MR) is 84.4 cm³/mol. The zero-order valence-electron chi connectivity index (χ0n) is 12.4. The summed E-state index contributed by atoms with van der Waals surface area (Å²) in [7, 11) is 0. The van der Waals surface area contributed by atoms with Gasteiger partial charge in [-0.2, -0.15) is 0 Å². The van der Waals surface area contributed by atoms with Gasteiger partial charge in [-0.05, 0) is 35.2 Å². The SMILES string of the molecule is ON=C(c1ccccc1)C12C3C4C1C1C2C3C1(Br)C41OCCO1. The molecule has 0 radical (unpaired) electrons. The van der Waals surface area contributed by atoms with E-state index in [4.69, 9.17) is 9.47 Å². The highest BCUT2D eigenvalue weighted by molar-refractivity contribution is 9.10. The average molecular weight is 374 g/mol. The van der Waals surface area contributed by atoms with Crippen molar-refractivity contribution in [1.29, 1.82) is 0 Å². The lowest BCUT2D eigenvalue weighted by Gasteiger charge is -2.91. The summed E-state index contributed by atoms with van der Waals surface area (Å²) in [6, 6.07) is 10.2. The van der Waals surface area contributed by atoms with E-state index >= 15 is 0 Å². The molecule has 7 aliphatic rings. The Bertz CT molecular complexity index is 767. The van der Waals surface area contributed by atoms with Gasteiger partial charge < -0.3 is 14.7 Å². The predicted octanol–water partition coefficient (Wildman–Crippen LogP) is 2.49. The number of rotatable bonds is 2. The normalized spacial score (nSPS) is 58.2. The number of oxime groups is 1. The minimum Gasteiger partial charge on any atom is -0.411 e. The highest BCUT2D eigenvalue weighted by Gasteiger charge is 3.09. The van der Waals surface area contributed by atoms with Gasteiger partial charge in [0.2, 0.25) is 0 Å². The Hall–Kier alpha value is -0.910. The second kappa shape index (κ2) is 3.26. The minimum atomic E-state index is -0.397. The van der Waals surface area contributed by atoms with Gasteiger partial charge in [-0.25, -0.2) is 0 Å². The highest BCUT2D eigenvalue weighted by Crippen LogP contribution is 3.05. The van der Waals surface area contributed by atoms with Gasteiger partial charge in [0.25, 0.3) is 0 Å². The van der Waals surface area contributed by atoms with Crippen molar-refractivity contribution in [2.24, 2.45) is 46.1 Å². The highest BCUT2D eigenvalue weighted by atomic mass is 79.9. The Kier molecular flexibility index (Phi) is 1.77. The molecular weight excluding hydrogens is 358 g/mol. The van der Waals surface area contributed by atoms with Crippen LogP contribution in [0, 0.1) is 40.9 Å². The second-order valence-electron chi connectivity index (χ2n) is 8.03. The van der Waals surface area contributed by atoms with Gasteiger partial charge in [-0.3, -0.25) is 0 Å². The quantitative estimate of drug-likeness (QED) is 0.375. The molecule has 8 rings (SSSR count). The van der Waals surface area contributed by atoms with Crippen molar-refractivity contribution in [1.82, 2.24) is 0 Å². The maximum absolute atomic E-state index is 9.81. The molecule has 1 spiro atoms. The summed E-state index contributed by atoms with van der Waals surface area (Å²) >= 11 is 4.07. The summed E-state index contributed by atoms with van der Waals surface area (Å²) in [5.41, 5.74) is 2.06. The first kappa shape index (κ1) is 12.5. The topological polar surface area (TPSA) is 51.1 Å². The standard InChI is InChI=1S/C18H16BrNO3/c19-17-12-9-13(17)11-14(18(17)22-6-7-23-18)10(12)16(9,11)15(20-21)8-4-2-1-3-5-8/h1-5,9-14,21H,6-7H2. The third-order valence-corrected chi connectivity index (χ3v) is 9.80. The van der Waals surface area contributed by atoms with Gasteiger partial charge in [0.1, 0.15) is 0 Å². The van der Waals surface area contributed by atoms with Crippen LogP contribution in [0.5, 0.6) is 0 Å². The monoisotopic (exact) mass is 373 g/mol. The molecule has 4 nitrogen and oxygen atoms in total. The molecule has 0 aromatic heterocycles. The lowest BCUT2D eigenvalue weighted by Crippen LogP contribution is -2.94. The van der Waals surface area contributed by atoms with Crippen LogP contribution >= 0.6 is 15.9 Å². The summed E-state index contributed by atoms with van der Waals surface area (Å²) in [5.74, 6) is 3.07. The van der Waals surface area contributed by atoms with Gasteiger partial charge in [0.05, 0.1) is 23.2 Å². The molecule has 2 bridgehead atoms. The Labute approximate surface area is 142 Å². The third-order valence-electron chi connectivity index (χ3n) is 8.19. The number of hydrogen-bond acceptors (Lipinski definition) is 4. The van der Waals surface area contributed by atoms with Gasteiger partial charge >= 0.3 is 0 Å². The molecule has 5 heteroatoms. The smallest absolute Gasteiger partial charge is 0.187 e. The van der Waals surface area contributed by atoms with Crippen LogP contribution in [0.15, 0.2) is 35.5 Å². The van der Waals surface area contributed by atoms with Crippen LogP contribution in [0.2, 0.25) is 0 Å². The lowest BCUT2D eigenvalue weighted by molar-refractivity contribution is -0.404. The van der Waals surface area contributed by atoms with Crippen LogP contribution in [-0.4, -0.2) is 34.2 Å². The first-order valence-corrected chi connectivity index (χ1v) is 9.28. The number of ether oxygens (including phenoxy) is 2. The molecule has 0 amide bonds. The molecule has 4 atom stereocenters. The fourth-order valence-corrected chi connectivity index (χ4v) is 9.71. The zero-order valence-corrected chi connectivity index (χ0v) is 13.9. The first-order valence-electron chi connectivity index (χ1n) is 8.49. The molecule has 23 heavy (non-hydrogen) atoms. The molecule has 6 aliphatic carbocycles. The van der Waals surface area contributed by atoms with Gasteiger partial charge in [-0.15, -0.1) is 0 Å². The Morgan fingerprint density at radius 2 is 1.61 bits per heavy atom. The van der Waals surface area contributed by atoms with Crippen LogP contribution < -0.4 is 0 Å². The molecule has 1 N–H and O–H groups in total. The van der Waals surface area contributed by atoms with E-state index in [2.05, 4.69) is 33.2 Å². The first-order chi connectivity index (χ1) is 11.2. The fourth-order valence-electron chi connectivity index (χ4n) is 8.08. The van der Waals surface area contributed by atoms with E-state index in [0.29, 0.717) is 48.7 Å². The van der Waals surface area contributed by atoms with Gasteiger partial charge in [-0.1, -0.05) is 51.4 Å². The van der Waals surface area contributed by atoms with Crippen molar-refractivity contribution in [2.75, 3.05) is 13.2 Å². The number of halogens is 1. The zero-order chi connectivity index (χ0) is 15.2. The van der Waals surface area contributed by atoms with E-state index in [0.717, 1.165) is 11.3 Å². The molecule has 1 aliphatic heterocycles. The second-order valence-corrected chi connectivity index (χ2v) is 9.35. The fraction of sp³-hybridized carbons (Fsp3) is 0.611. The molecule has 1 aromatic rings. The van der Waals surface area contributed by atoms with Gasteiger partial charge in [0, 0.05) is 11.3 Å². The number of hydrogen-bond donors (Lipinski definition) is 1. The number of nitrogens with zero attached hydrogens (tertiary/aromatic N) is 1. The third kappa shape index (κ3) is 0.815. The number of alkyl halides is 1. The van der Waals surface area contributed by atoms with Crippen molar-refractivity contribution in [3.63, 3.8) is 0 Å². The Balaban J connectivity index is 1.37. The van der Waals surface area contributed by atoms with Gasteiger partial charge in [0.15, 0.2) is 5.79 Å². The molecule has 1 saturated heterocycles. The minimum absolute atomic E-state index is 0.0279. The van der Waals surface area contributed by atoms with Crippen molar-refractivity contribution in [3.8, 4) is 0 Å². The molecule has 7 fully saturated rings. The van der Waals surface area contributed by atoms with Crippen molar-refractivity contribution >= 4 is 21.6 Å². The van der Waals surface area contributed by atoms with E-state index in [9.17, 15) is 5.21 Å². The molecule has 6 saturated carbocycles. The van der Waals surface area contributed by atoms with Crippen LogP contribution in [0.3, 0.4) is 0 Å². The van der Waals surface area contributed by atoms with Crippen LogP contribution in [0.1, 0.15) is 5.56 Å². The van der Waals surface area contributed by atoms with E-state index < -0.39 is 5.79 Å². The van der Waals surface area contributed by atoms with E-state index in [1.165, 1.54) is 0 Å². The maximum atomic E-state index is 9.81. The summed E-state index contributed by atoms with van der Waals surface area (Å²) in [6.07, 6.45) is 0. The largest absolute Gasteiger partial charge is 0.411 e. The summed E-state index contributed by atoms with van der Waals surface area (Å²) in [6.45, 7) is 1.42. The molecule has 1 aromatic carbocycles. The van der Waals surface area contributed by atoms with Crippen molar-refractivity contribution in [2.45, 2.75) is 10.1 Å². The van der Waals surface area contributed by atoms with Crippen molar-refractivity contribution in [3.05, 3.63) is 35.9 Å². The maximum Gasteiger partial charge on any atom is 0.187 e. The van der Waals surface area contributed by atoms with Crippen LogP contribution in [0.4, 0.5) is 0 Å². The Morgan fingerprint density at radius 1 is 1.00 bits per heavy atom. The van der Waals surface area contributed by atoms with Crippen LogP contribution in [0.25, 0.3) is 0 Å². The van der Waals surface area contributed by atoms with E-state index in [-0.39, 0.29) is 9.74 Å². The number of benzene rings is 1. The van der Waals surface area contributed by atoms with Crippen LogP contribution in [-0.2, 0) is 9.47 Å².